The summed E-state index contributed by atoms with van der Waals surface area (Å²) in [5.41, 5.74) is 1.96. The third-order valence-corrected chi connectivity index (χ3v) is 4.61. The lowest BCUT2D eigenvalue weighted by atomic mass is 10.2. The molecule has 0 saturated carbocycles. The summed E-state index contributed by atoms with van der Waals surface area (Å²) in [5, 5.41) is 10.9. The zero-order chi connectivity index (χ0) is 16.1. The molecule has 1 aliphatic heterocycles. The van der Waals surface area contributed by atoms with Crippen LogP contribution in [0.15, 0.2) is 29.2 Å². The first kappa shape index (κ1) is 16.2. The van der Waals surface area contributed by atoms with Gasteiger partial charge in [-0.15, -0.1) is 0 Å². The maximum Gasteiger partial charge on any atom is 0.252 e. The third-order valence-electron chi connectivity index (χ3n) is 3.92. The van der Waals surface area contributed by atoms with Crippen LogP contribution < -0.4 is 5.32 Å². The molecular formula is C16H22N4O2S. The number of amides is 1. The number of carbonyl (C=O) groups is 1. The molecule has 7 heteroatoms. The maximum absolute atomic E-state index is 11.9. The monoisotopic (exact) mass is 334 g/mol. The maximum atomic E-state index is 11.9. The number of morpholine rings is 1. The van der Waals surface area contributed by atoms with Crippen LogP contribution in [0.1, 0.15) is 22.3 Å². The Labute approximate surface area is 140 Å². The minimum Gasteiger partial charge on any atom is -0.375 e. The highest BCUT2D eigenvalue weighted by Crippen LogP contribution is 2.12. The van der Waals surface area contributed by atoms with E-state index in [2.05, 4.69) is 15.3 Å². The van der Waals surface area contributed by atoms with Crippen molar-refractivity contribution >= 4 is 17.2 Å². The molecular weight excluding hydrogens is 312 g/mol. The number of hydrogen-bond acceptors (Lipinski definition) is 5. The van der Waals surface area contributed by atoms with Gasteiger partial charge in [0.15, 0.2) is 0 Å². The van der Waals surface area contributed by atoms with Crippen LogP contribution in [-0.2, 0) is 18.3 Å². The number of nitrogens with one attached hydrogen (secondary N) is 1. The van der Waals surface area contributed by atoms with Crippen LogP contribution in [0.3, 0.4) is 0 Å². The molecule has 0 spiro atoms. The van der Waals surface area contributed by atoms with Gasteiger partial charge in [-0.3, -0.25) is 14.4 Å². The van der Waals surface area contributed by atoms with E-state index in [4.69, 9.17) is 4.74 Å². The summed E-state index contributed by atoms with van der Waals surface area (Å²) in [6.45, 7) is 4.11. The molecule has 1 fully saturated rings. The summed E-state index contributed by atoms with van der Waals surface area (Å²) in [7, 11) is 1.93. The van der Waals surface area contributed by atoms with Crippen molar-refractivity contribution in [3.63, 3.8) is 0 Å². The first-order valence-electron chi connectivity index (χ1n) is 7.82. The van der Waals surface area contributed by atoms with E-state index < -0.39 is 0 Å². The van der Waals surface area contributed by atoms with E-state index in [9.17, 15) is 4.79 Å². The first-order chi connectivity index (χ1) is 11.2. The van der Waals surface area contributed by atoms with Crippen LogP contribution in [0.25, 0.3) is 0 Å². The molecule has 0 aliphatic carbocycles. The van der Waals surface area contributed by atoms with Crippen molar-refractivity contribution in [3.8, 4) is 0 Å². The van der Waals surface area contributed by atoms with Crippen molar-refractivity contribution in [1.82, 2.24) is 20.0 Å². The Balaban J connectivity index is 1.41. The Bertz CT molecular complexity index is 626. The van der Waals surface area contributed by atoms with Crippen molar-refractivity contribution in [2.75, 3.05) is 26.2 Å². The normalized spacial score (nSPS) is 18.9. The first-order valence-corrected chi connectivity index (χ1v) is 8.77. The number of rotatable bonds is 6. The van der Waals surface area contributed by atoms with E-state index in [-0.39, 0.29) is 12.0 Å². The molecule has 124 valence electrons. The molecule has 0 radical (unpaired) electrons. The molecule has 2 aromatic rings. The number of ether oxygens (including phenoxy) is 1. The molecule has 1 N–H and O–H groups in total. The Kier molecular flexibility index (Phi) is 5.43. The lowest BCUT2D eigenvalue weighted by molar-refractivity contribution is -0.0342. The number of hydrogen-bond donors (Lipinski definition) is 1. The lowest BCUT2D eigenvalue weighted by Gasteiger charge is -2.32. The van der Waals surface area contributed by atoms with Crippen LogP contribution in [0.2, 0.25) is 0 Å². The molecule has 3 rings (SSSR count). The number of carbonyl (C=O) groups excluding carboxylic acids is 1. The fraction of sp³-hybridized carbons (Fsp3) is 0.500. The molecule has 1 aliphatic rings. The second-order valence-electron chi connectivity index (χ2n) is 5.81. The molecule has 0 bridgehead atoms. The van der Waals surface area contributed by atoms with Gasteiger partial charge in [-0.2, -0.15) is 16.4 Å². The van der Waals surface area contributed by atoms with Crippen molar-refractivity contribution in [2.45, 2.75) is 19.1 Å². The van der Waals surface area contributed by atoms with Crippen LogP contribution in [0.4, 0.5) is 0 Å². The second kappa shape index (κ2) is 7.72. The Morgan fingerprint density at radius 1 is 1.57 bits per heavy atom. The largest absolute Gasteiger partial charge is 0.375 e. The lowest BCUT2D eigenvalue weighted by Crippen LogP contribution is -2.43. The quantitative estimate of drug-likeness (QED) is 0.870. The van der Waals surface area contributed by atoms with Gasteiger partial charge in [0.25, 0.3) is 5.91 Å². The van der Waals surface area contributed by atoms with E-state index in [1.165, 1.54) is 16.9 Å². The highest BCUT2D eigenvalue weighted by Gasteiger charge is 2.20. The van der Waals surface area contributed by atoms with Crippen LogP contribution in [-0.4, -0.2) is 52.9 Å². The van der Waals surface area contributed by atoms with Crippen LogP contribution >= 0.6 is 11.3 Å². The summed E-state index contributed by atoms with van der Waals surface area (Å²) in [6.07, 6.45) is 4.96. The van der Waals surface area contributed by atoms with Gasteiger partial charge in [-0.25, -0.2) is 0 Å². The second-order valence-corrected chi connectivity index (χ2v) is 6.59. The number of aromatic nitrogens is 2. The van der Waals surface area contributed by atoms with Crippen molar-refractivity contribution in [1.29, 1.82) is 0 Å². The summed E-state index contributed by atoms with van der Waals surface area (Å²) in [4.78, 5) is 14.3. The Hall–Kier alpha value is -1.70. The van der Waals surface area contributed by atoms with E-state index in [0.29, 0.717) is 6.54 Å². The SMILES string of the molecule is Cn1cc(CN2CCOC(CCNC(=O)c3ccsc3)C2)cn1. The van der Waals surface area contributed by atoms with Gasteiger partial charge in [0.2, 0.25) is 0 Å². The molecule has 1 amide bonds. The molecule has 6 nitrogen and oxygen atoms in total. The van der Waals surface area contributed by atoms with Gasteiger partial charge >= 0.3 is 0 Å². The molecule has 1 saturated heterocycles. The smallest absolute Gasteiger partial charge is 0.252 e. The van der Waals surface area contributed by atoms with E-state index >= 15 is 0 Å². The molecule has 0 aromatic carbocycles. The topological polar surface area (TPSA) is 59.4 Å². The molecule has 2 aromatic heterocycles. The van der Waals surface area contributed by atoms with Crippen molar-refractivity contribution in [2.24, 2.45) is 7.05 Å². The minimum absolute atomic E-state index is 0.00530. The predicted octanol–water partition coefficient (Wildman–Crippen LogP) is 1.50. The van der Waals surface area contributed by atoms with Crippen molar-refractivity contribution in [3.05, 3.63) is 40.3 Å². The van der Waals surface area contributed by atoms with Gasteiger partial charge in [0.1, 0.15) is 0 Å². The van der Waals surface area contributed by atoms with E-state index in [0.717, 1.165) is 38.2 Å². The molecule has 1 atom stereocenters. The number of thiophene rings is 1. The molecule has 1 unspecified atom stereocenters. The third kappa shape index (κ3) is 4.63. The average molecular weight is 334 g/mol. The molecule has 23 heavy (non-hydrogen) atoms. The number of nitrogens with zero attached hydrogens (tertiary/aromatic N) is 3. The minimum atomic E-state index is -0.00530. The standard InChI is InChI=1S/C16H22N4O2S/c1-19-9-13(8-18-19)10-20-5-6-22-15(11-20)2-4-17-16(21)14-3-7-23-12-14/h3,7-9,12,15H,2,4-6,10-11H2,1H3,(H,17,21). The summed E-state index contributed by atoms with van der Waals surface area (Å²) < 4.78 is 7.64. The summed E-state index contributed by atoms with van der Waals surface area (Å²) in [5.74, 6) is -0.00530. The zero-order valence-electron chi connectivity index (χ0n) is 13.3. The van der Waals surface area contributed by atoms with Crippen molar-refractivity contribution < 1.29 is 9.53 Å². The average Bonchev–Trinajstić information content (AvgIpc) is 3.19. The molecule has 3 heterocycles. The van der Waals surface area contributed by atoms with Gasteiger partial charge in [-0.05, 0) is 17.9 Å². The number of aryl methyl sites for hydroxylation is 1. The summed E-state index contributed by atoms with van der Waals surface area (Å²) in [6, 6.07) is 1.84. The highest BCUT2D eigenvalue weighted by molar-refractivity contribution is 7.08. The van der Waals surface area contributed by atoms with Gasteiger partial charge in [-0.1, -0.05) is 0 Å². The highest BCUT2D eigenvalue weighted by atomic mass is 32.1. The van der Waals surface area contributed by atoms with Gasteiger partial charge < -0.3 is 10.1 Å². The Morgan fingerprint density at radius 2 is 2.48 bits per heavy atom. The summed E-state index contributed by atoms with van der Waals surface area (Å²) >= 11 is 1.53. The van der Waals surface area contributed by atoms with Gasteiger partial charge in [0, 0.05) is 55.9 Å². The van der Waals surface area contributed by atoms with Gasteiger partial charge in [0.05, 0.1) is 18.9 Å². The predicted molar refractivity (Wildman–Crippen MR) is 89.5 cm³/mol. The van der Waals surface area contributed by atoms with E-state index in [1.807, 2.05) is 40.9 Å². The van der Waals surface area contributed by atoms with Crippen LogP contribution in [0.5, 0.6) is 0 Å². The van der Waals surface area contributed by atoms with E-state index in [1.54, 1.807) is 0 Å². The Morgan fingerprint density at radius 3 is 3.22 bits per heavy atom. The van der Waals surface area contributed by atoms with Crippen LogP contribution in [0, 0.1) is 0 Å². The fourth-order valence-electron chi connectivity index (χ4n) is 2.75. The fourth-order valence-corrected chi connectivity index (χ4v) is 3.39. The zero-order valence-corrected chi connectivity index (χ0v) is 14.1.